The Kier molecular flexibility index (Phi) is 7.10. The second-order valence-corrected chi connectivity index (χ2v) is 10.0. The summed E-state index contributed by atoms with van der Waals surface area (Å²) in [5.41, 5.74) is 2.23. The lowest BCUT2D eigenvalue weighted by Crippen LogP contribution is -2.47. The minimum atomic E-state index is -4.55. The highest BCUT2D eigenvalue weighted by Crippen LogP contribution is 2.43. The predicted molar refractivity (Wildman–Crippen MR) is 129 cm³/mol. The van der Waals surface area contributed by atoms with Crippen LogP contribution in [0.25, 0.3) is 11.0 Å². The van der Waals surface area contributed by atoms with Crippen LogP contribution in [0, 0.1) is 11.6 Å². The van der Waals surface area contributed by atoms with Crippen molar-refractivity contribution in [3.05, 3.63) is 58.9 Å². The fraction of sp³-hybridized carbons (Fsp3) is 0.500. The van der Waals surface area contributed by atoms with Crippen molar-refractivity contribution in [2.75, 3.05) is 38.2 Å². The molecule has 2 aromatic carbocycles. The summed E-state index contributed by atoms with van der Waals surface area (Å²) < 4.78 is 84.5. The average molecular weight is 526 g/mol. The van der Waals surface area contributed by atoms with Gasteiger partial charge in [0.2, 0.25) is 0 Å². The zero-order valence-electron chi connectivity index (χ0n) is 20.4. The van der Waals surface area contributed by atoms with Crippen LogP contribution in [0.5, 0.6) is 0 Å². The molecule has 3 aromatic rings. The van der Waals surface area contributed by atoms with Crippen molar-refractivity contribution < 1.29 is 26.3 Å². The lowest BCUT2D eigenvalue weighted by molar-refractivity contribution is -0.155. The van der Waals surface area contributed by atoms with Crippen molar-refractivity contribution in [3.8, 4) is 0 Å². The van der Waals surface area contributed by atoms with Gasteiger partial charge in [0.1, 0.15) is 11.6 Å². The van der Waals surface area contributed by atoms with E-state index in [2.05, 4.69) is 20.2 Å². The molecule has 200 valence electrons. The van der Waals surface area contributed by atoms with E-state index >= 15 is 8.78 Å². The highest BCUT2D eigenvalue weighted by Gasteiger charge is 2.43. The summed E-state index contributed by atoms with van der Waals surface area (Å²) in [6.45, 7) is 1.93. The molecule has 0 saturated carbocycles. The van der Waals surface area contributed by atoms with E-state index in [4.69, 9.17) is 0 Å². The quantitative estimate of drug-likeness (QED) is 0.395. The van der Waals surface area contributed by atoms with Gasteiger partial charge in [0.05, 0.1) is 36.6 Å². The number of nitrogens with one attached hydrogen (secondary N) is 2. The summed E-state index contributed by atoms with van der Waals surface area (Å²) in [7, 11) is 0. The molecule has 0 bridgehead atoms. The van der Waals surface area contributed by atoms with E-state index < -0.39 is 48.7 Å². The molecule has 1 saturated heterocycles. The van der Waals surface area contributed by atoms with E-state index in [0.717, 1.165) is 30.0 Å². The highest BCUT2D eigenvalue weighted by molar-refractivity contribution is 5.80. The summed E-state index contributed by atoms with van der Waals surface area (Å²) in [6.07, 6.45) is -1.61. The van der Waals surface area contributed by atoms with Crippen LogP contribution in [0.1, 0.15) is 42.5 Å². The largest absolute Gasteiger partial charge is 0.401 e. The Hall–Kier alpha value is -2.79. The Morgan fingerprint density at radius 1 is 1.16 bits per heavy atom. The van der Waals surface area contributed by atoms with E-state index in [0.29, 0.717) is 41.7 Å². The zero-order chi connectivity index (χ0) is 26.3. The van der Waals surface area contributed by atoms with Crippen LogP contribution in [-0.2, 0) is 6.42 Å². The maximum absolute atomic E-state index is 15.6. The van der Waals surface area contributed by atoms with Crippen LogP contribution in [0.3, 0.4) is 0 Å². The Morgan fingerprint density at radius 2 is 1.92 bits per heavy atom. The zero-order valence-corrected chi connectivity index (χ0v) is 20.4. The molecule has 2 aliphatic rings. The van der Waals surface area contributed by atoms with Gasteiger partial charge in [0.15, 0.2) is 0 Å². The van der Waals surface area contributed by atoms with Crippen molar-refractivity contribution >= 4 is 16.7 Å². The molecule has 37 heavy (non-hydrogen) atoms. The van der Waals surface area contributed by atoms with Gasteiger partial charge in [-0.25, -0.2) is 13.8 Å². The minimum Gasteiger partial charge on any atom is -0.381 e. The van der Waals surface area contributed by atoms with E-state index in [1.807, 2.05) is 0 Å². The molecule has 0 unspecified atom stereocenters. The summed E-state index contributed by atoms with van der Waals surface area (Å²) in [4.78, 5) is 10.5. The first-order valence-corrected chi connectivity index (χ1v) is 12.5. The molecule has 1 aromatic heterocycles. The number of nitrogens with zero attached hydrogens (tertiary/aromatic N) is 3. The van der Waals surface area contributed by atoms with Crippen molar-refractivity contribution in [2.24, 2.45) is 0 Å². The van der Waals surface area contributed by atoms with Gasteiger partial charge in [-0.15, -0.1) is 0 Å². The number of H-pyrrole nitrogens is 1. The number of aromatic amines is 1. The normalized spacial score (nSPS) is 23.1. The second kappa shape index (κ2) is 10.2. The minimum absolute atomic E-state index is 0.0608. The third-order valence-corrected chi connectivity index (χ3v) is 7.39. The number of benzene rings is 2. The molecule has 2 aliphatic heterocycles. The number of halogens is 6. The summed E-state index contributed by atoms with van der Waals surface area (Å²) in [5, 5.41) is 3.13. The number of rotatable bonds is 7. The number of hydrogen-bond donors (Lipinski definition) is 2. The predicted octanol–water partition coefficient (Wildman–Crippen LogP) is 5.59. The lowest BCUT2D eigenvalue weighted by atomic mass is 9.83. The lowest BCUT2D eigenvalue weighted by Gasteiger charge is -2.42. The first-order chi connectivity index (χ1) is 17.6. The molecule has 0 radical (unpaired) electrons. The molecule has 0 aliphatic carbocycles. The monoisotopic (exact) mass is 525 g/mol. The van der Waals surface area contributed by atoms with Crippen LogP contribution in [0.15, 0.2) is 30.6 Å². The summed E-state index contributed by atoms with van der Waals surface area (Å²) in [6, 6.07) is 3.65. The highest BCUT2D eigenvalue weighted by atomic mass is 19.4. The SMILES string of the molecule is C[C@@H]1Cc2c(ccc3[nH]cnc23)[C@@H](c2c(F)cc(N[C@@H]3CCN(CCCF)C3)cc2F)N1CC(F)(F)F. The molecule has 3 heterocycles. The third-order valence-electron chi connectivity index (χ3n) is 7.39. The smallest absolute Gasteiger partial charge is 0.381 e. The standard InChI is InChI=1S/C26H29F6N5/c1-15-9-19-18(3-4-22-24(19)34-14-33-22)25(37(15)13-26(30,31)32)23-20(28)10-17(11-21(23)29)35-16-5-8-36(12-16)7-2-6-27/h3-4,10-11,14-16,25,35H,2,5-9,12-13H2,1H3,(H,33,34)/t15-,16-,25+/m1/s1. The molecule has 0 spiro atoms. The topological polar surface area (TPSA) is 47.2 Å². The van der Waals surface area contributed by atoms with Gasteiger partial charge in [-0.3, -0.25) is 9.29 Å². The number of alkyl halides is 4. The fourth-order valence-corrected chi connectivity index (χ4v) is 5.78. The van der Waals surface area contributed by atoms with Crippen molar-refractivity contribution in [3.63, 3.8) is 0 Å². The fourth-order valence-electron chi connectivity index (χ4n) is 5.78. The van der Waals surface area contributed by atoms with Gasteiger partial charge < -0.3 is 15.2 Å². The van der Waals surface area contributed by atoms with E-state index in [9.17, 15) is 17.6 Å². The molecule has 11 heteroatoms. The average Bonchev–Trinajstić information content (AvgIpc) is 3.48. The number of anilines is 1. The van der Waals surface area contributed by atoms with Crippen LogP contribution in [0.2, 0.25) is 0 Å². The number of likely N-dealkylation sites (tertiary alicyclic amines) is 1. The summed E-state index contributed by atoms with van der Waals surface area (Å²) >= 11 is 0. The maximum atomic E-state index is 15.6. The Morgan fingerprint density at radius 3 is 2.62 bits per heavy atom. The molecule has 5 rings (SSSR count). The van der Waals surface area contributed by atoms with Crippen LogP contribution in [-0.4, -0.2) is 70.9 Å². The maximum Gasteiger partial charge on any atom is 0.401 e. The van der Waals surface area contributed by atoms with Crippen molar-refractivity contribution in [2.45, 2.75) is 50.5 Å². The first kappa shape index (κ1) is 25.8. The van der Waals surface area contributed by atoms with Gasteiger partial charge >= 0.3 is 6.18 Å². The Labute approximate surface area is 210 Å². The Balaban J connectivity index is 1.50. The summed E-state index contributed by atoms with van der Waals surface area (Å²) in [5.74, 6) is -1.82. The number of aromatic nitrogens is 2. The molecular formula is C26H29F6N5. The Bertz CT molecular complexity index is 1230. The van der Waals surface area contributed by atoms with Gasteiger partial charge in [-0.1, -0.05) is 6.07 Å². The first-order valence-electron chi connectivity index (χ1n) is 12.5. The molecular weight excluding hydrogens is 496 g/mol. The molecule has 2 N–H and O–H groups in total. The van der Waals surface area contributed by atoms with Gasteiger partial charge in [-0.05, 0) is 55.5 Å². The number of hydrogen-bond acceptors (Lipinski definition) is 4. The number of imidazole rings is 1. The second-order valence-electron chi connectivity index (χ2n) is 10.0. The van der Waals surface area contributed by atoms with Gasteiger partial charge in [-0.2, -0.15) is 13.2 Å². The molecule has 1 fully saturated rings. The van der Waals surface area contributed by atoms with Gasteiger partial charge in [0.25, 0.3) is 0 Å². The van der Waals surface area contributed by atoms with Crippen molar-refractivity contribution in [1.29, 1.82) is 0 Å². The third kappa shape index (κ3) is 5.29. The van der Waals surface area contributed by atoms with E-state index in [1.54, 1.807) is 19.1 Å². The van der Waals surface area contributed by atoms with E-state index in [1.165, 1.54) is 6.33 Å². The molecule has 5 nitrogen and oxygen atoms in total. The van der Waals surface area contributed by atoms with Crippen LogP contribution in [0.4, 0.5) is 32.0 Å². The van der Waals surface area contributed by atoms with Crippen LogP contribution < -0.4 is 5.32 Å². The van der Waals surface area contributed by atoms with Gasteiger partial charge in [0, 0.05) is 43.0 Å². The van der Waals surface area contributed by atoms with Crippen LogP contribution >= 0.6 is 0 Å². The van der Waals surface area contributed by atoms with E-state index in [-0.39, 0.29) is 18.2 Å². The number of fused-ring (bicyclic) bond motifs is 3. The molecule has 3 atom stereocenters. The molecule has 0 amide bonds. The van der Waals surface area contributed by atoms with Crippen molar-refractivity contribution in [1.82, 2.24) is 19.8 Å².